The zero-order chi connectivity index (χ0) is 10.8. The van der Waals surface area contributed by atoms with Gasteiger partial charge in [0.25, 0.3) is 0 Å². The first-order valence-corrected chi connectivity index (χ1v) is 5.11. The largest absolute Gasteiger partial charge is 0.381 e. The summed E-state index contributed by atoms with van der Waals surface area (Å²) < 4.78 is 11.8. The zero-order valence-electron chi connectivity index (χ0n) is 7.93. The lowest BCUT2D eigenvalue weighted by Crippen LogP contribution is -2.12. The van der Waals surface area contributed by atoms with Crippen molar-refractivity contribution in [3.05, 3.63) is 28.0 Å². The minimum absolute atomic E-state index is 0.191. The topological polar surface area (TPSA) is 39.2 Å². The highest BCUT2D eigenvalue weighted by Crippen LogP contribution is 2.29. The Bertz CT molecular complexity index is 409. The first kappa shape index (κ1) is 10.4. The van der Waals surface area contributed by atoms with Gasteiger partial charge in [-0.1, -0.05) is 11.6 Å². The van der Waals surface area contributed by atoms with Gasteiger partial charge in [0.15, 0.2) is 0 Å². The lowest BCUT2D eigenvalue weighted by molar-refractivity contribution is -0.0789. The van der Waals surface area contributed by atoms with Crippen LogP contribution >= 0.6 is 11.6 Å². The van der Waals surface area contributed by atoms with Crippen LogP contribution in [0.5, 0.6) is 0 Å². The van der Waals surface area contributed by atoms with Gasteiger partial charge in [0.05, 0.1) is 5.56 Å². The fourth-order valence-corrected chi connectivity index (χ4v) is 2.18. The molecule has 1 aliphatic carbocycles. The number of aromatic nitrogens is 1. The average Bonchev–Trinajstić information content (AvgIpc) is 2.29. The highest BCUT2D eigenvalue weighted by Gasteiger charge is 2.22. The van der Waals surface area contributed by atoms with Crippen LogP contribution in [0.4, 0.5) is 4.53 Å². The summed E-state index contributed by atoms with van der Waals surface area (Å²) in [7, 11) is 0. The molecular formula is C10H9ClFNO2. The number of halogens is 2. The zero-order valence-corrected chi connectivity index (χ0v) is 8.68. The molecule has 1 heterocycles. The lowest BCUT2D eigenvalue weighted by Gasteiger charge is -2.18. The summed E-state index contributed by atoms with van der Waals surface area (Å²) in [5, 5.41) is 0.403. The highest BCUT2D eigenvalue weighted by molar-refractivity contribution is 6.30. The standard InChI is InChI=1S/C10H9ClFNO2/c11-9-7-4-2-1-3-6(7)8(5-13-9)10(14)15-12/h5H,1-4H2. The molecule has 0 atom stereocenters. The van der Waals surface area contributed by atoms with Gasteiger partial charge < -0.3 is 0 Å². The first-order chi connectivity index (χ1) is 7.24. The lowest BCUT2D eigenvalue weighted by atomic mass is 9.90. The molecule has 0 unspecified atom stereocenters. The number of hydrogen-bond acceptors (Lipinski definition) is 3. The van der Waals surface area contributed by atoms with Crippen LogP contribution in [-0.2, 0) is 17.8 Å². The van der Waals surface area contributed by atoms with Crippen molar-refractivity contribution in [3.63, 3.8) is 0 Å². The quantitative estimate of drug-likeness (QED) is 0.695. The molecule has 0 saturated heterocycles. The van der Waals surface area contributed by atoms with Crippen molar-refractivity contribution in [1.29, 1.82) is 0 Å². The van der Waals surface area contributed by atoms with E-state index >= 15 is 0 Å². The molecule has 1 aliphatic rings. The van der Waals surface area contributed by atoms with Crippen molar-refractivity contribution in [2.45, 2.75) is 25.7 Å². The van der Waals surface area contributed by atoms with E-state index in [4.69, 9.17) is 11.6 Å². The van der Waals surface area contributed by atoms with E-state index in [1.807, 2.05) is 0 Å². The van der Waals surface area contributed by atoms with Gasteiger partial charge in [0, 0.05) is 10.7 Å². The van der Waals surface area contributed by atoms with Crippen LogP contribution in [0.2, 0.25) is 5.15 Å². The third kappa shape index (κ3) is 1.81. The molecule has 5 heteroatoms. The Labute approximate surface area is 91.1 Å². The monoisotopic (exact) mass is 229 g/mol. The summed E-state index contributed by atoms with van der Waals surface area (Å²) in [6.45, 7) is 0. The number of nitrogens with zero attached hydrogens (tertiary/aromatic N) is 1. The maximum atomic E-state index is 11.8. The molecule has 0 fully saturated rings. The van der Waals surface area contributed by atoms with E-state index < -0.39 is 5.97 Å². The Hall–Kier alpha value is -1.16. The van der Waals surface area contributed by atoms with Gasteiger partial charge >= 0.3 is 5.97 Å². The van der Waals surface area contributed by atoms with E-state index in [9.17, 15) is 9.32 Å². The molecule has 3 nitrogen and oxygen atoms in total. The molecule has 80 valence electrons. The number of fused-ring (bicyclic) bond motifs is 1. The molecule has 0 aromatic carbocycles. The van der Waals surface area contributed by atoms with Crippen LogP contribution in [-0.4, -0.2) is 11.0 Å². The summed E-state index contributed by atoms with van der Waals surface area (Å²) in [6, 6.07) is 0. The van der Waals surface area contributed by atoms with Crippen molar-refractivity contribution < 1.29 is 14.3 Å². The van der Waals surface area contributed by atoms with Gasteiger partial charge in [0.1, 0.15) is 5.15 Å². The molecule has 0 spiro atoms. The van der Waals surface area contributed by atoms with E-state index in [1.165, 1.54) is 6.20 Å². The summed E-state index contributed by atoms with van der Waals surface area (Å²) in [6.07, 6.45) is 4.77. The fourth-order valence-electron chi connectivity index (χ4n) is 1.92. The Morgan fingerprint density at radius 2 is 2.07 bits per heavy atom. The Balaban J connectivity index is 2.52. The van der Waals surface area contributed by atoms with Gasteiger partial charge in [-0.3, -0.25) is 0 Å². The SMILES string of the molecule is O=C(OF)c1cnc(Cl)c2c1CCCC2. The summed E-state index contributed by atoms with van der Waals surface area (Å²) >= 11 is 5.91. The van der Waals surface area contributed by atoms with Crippen molar-refractivity contribution >= 4 is 17.6 Å². The first-order valence-electron chi connectivity index (χ1n) is 4.73. The summed E-state index contributed by atoms with van der Waals surface area (Å²) in [5.41, 5.74) is 1.83. The van der Waals surface area contributed by atoms with E-state index in [1.54, 1.807) is 0 Å². The summed E-state index contributed by atoms with van der Waals surface area (Å²) in [5.74, 6) is -0.989. The second-order valence-corrected chi connectivity index (χ2v) is 3.85. The second-order valence-electron chi connectivity index (χ2n) is 3.49. The summed E-state index contributed by atoms with van der Waals surface area (Å²) in [4.78, 5) is 18.2. The van der Waals surface area contributed by atoms with Crippen LogP contribution in [0.1, 0.15) is 34.3 Å². The predicted molar refractivity (Wildman–Crippen MR) is 52.4 cm³/mol. The molecule has 15 heavy (non-hydrogen) atoms. The average molecular weight is 230 g/mol. The van der Waals surface area contributed by atoms with Crippen molar-refractivity contribution in [3.8, 4) is 0 Å². The number of pyridine rings is 1. The van der Waals surface area contributed by atoms with Crippen LogP contribution in [0.25, 0.3) is 0 Å². The number of carbonyl (C=O) groups excluding carboxylic acids is 1. The van der Waals surface area contributed by atoms with Gasteiger partial charge in [-0.25, -0.2) is 14.7 Å². The van der Waals surface area contributed by atoms with Crippen molar-refractivity contribution in [2.75, 3.05) is 0 Å². The minimum atomic E-state index is -0.989. The maximum absolute atomic E-state index is 11.8. The Kier molecular flexibility index (Phi) is 2.86. The van der Waals surface area contributed by atoms with Gasteiger partial charge in [0.2, 0.25) is 0 Å². The van der Waals surface area contributed by atoms with E-state index in [0.29, 0.717) is 5.15 Å². The van der Waals surface area contributed by atoms with E-state index in [-0.39, 0.29) is 5.56 Å². The van der Waals surface area contributed by atoms with Crippen LogP contribution < -0.4 is 0 Å². The predicted octanol–water partition coefficient (Wildman–Crippen LogP) is 2.66. The molecule has 0 bridgehead atoms. The highest BCUT2D eigenvalue weighted by atomic mass is 35.5. The van der Waals surface area contributed by atoms with Crippen molar-refractivity contribution in [1.82, 2.24) is 4.98 Å². The van der Waals surface area contributed by atoms with Crippen LogP contribution in [0.3, 0.4) is 0 Å². The number of hydrogen-bond donors (Lipinski definition) is 0. The molecule has 1 aromatic rings. The molecule has 2 rings (SSSR count). The molecule has 0 radical (unpaired) electrons. The Morgan fingerprint density at radius 1 is 1.40 bits per heavy atom. The third-order valence-corrected chi connectivity index (χ3v) is 2.96. The minimum Gasteiger partial charge on any atom is -0.249 e. The molecule has 0 amide bonds. The van der Waals surface area contributed by atoms with Gasteiger partial charge in [-0.05, 0) is 36.8 Å². The number of carbonyl (C=O) groups is 1. The van der Waals surface area contributed by atoms with Gasteiger partial charge in [-0.2, -0.15) is 0 Å². The smallest absolute Gasteiger partial charge is 0.249 e. The van der Waals surface area contributed by atoms with Crippen LogP contribution in [0, 0.1) is 0 Å². The maximum Gasteiger partial charge on any atom is 0.381 e. The van der Waals surface area contributed by atoms with E-state index in [0.717, 1.165) is 36.8 Å². The molecule has 0 saturated carbocycles. The molecular weight excluding hydrogens is 221 g/mol. The number of rotatable bonds is 1. The second kappa shape index (κ2) is 4.14. The normalized spacial score (nSPS) is 14.5. The molecule has 0 N–H and O–H groups in total. The Morgan fingerprint density at radius 3 is 2.73 bits per heavy atom. The third-order valence-electron chi connectivity index (χ3n) is 2.64. The van der Waals surface area contributed by atoms with Crippen LogP contribution in [0.15, 0.2) is 6.20 Å². The molecule has 0 aliphatic heterocycles. The van der Waals surface area contributed by atoms with E-state index in [2.05, 4.69) is 9.93 Å². The van der Waals surface area contributed by atoms with Gasteiger partial charge in [-0.15, -0.1) is 0 Å². The fraction of sp³-hybridized carbons (Fsp3) is 0.400. The molecule has 1 aromatic heterocycles. The van der Waals surface area contributed by atoms with Crippen molar-refractivity contribution in [2.24, 2.45) is 0 Å².